The molecule has 13 heavy (non-hydrogen) atoms. The third kappa shape index (κ3) is 2.83. The molecular weight excluding hydrogens is 163 g/mol. The summed E-state index contributed by atoms with van der Waals surface area (Å²) >= 11 is 0. The number of allylic oxidation sites excluding steroid dienone is 4. The van der Waals surface area contributed by atoms with Crippen LogP contribution in [0.15, 0.2) is 36.2 Å². The van der Waals surface area contributed by atoms with E-state index in [1.165, 1.54) is 25.7 Å². The lowest BCUT2D eigenvalue weighted by atomic mass is 9.98. The van der Waals surface area contributed by atoms with Gasteiger partial charge < -0.3 is 0 Å². The summed E-state index contributed by atoms with van der Waals surface area (Å²) < 4.78 is 13.1. The van der Waals surface area contributed by atoms with E-state index in [-0.39, 0.29) is 5.83 Å². The molecule has 1 aliphatic carbocycles. The van der Waals surface area contributed by atoms with Gasteiger partial charge in [0, 0.05) is 0 Å². The van der Waals surface area contributed by atoms with E-state index < -0.39 is 0 Å². The van der Waals surface area contributed by atoms with Gasteiger partial charge in [0.25, 0.3) is 0 Å². The first-order valence-corrected chi connectivity index (χ1v) is 4.83. The van der Waals surface area contributed by atoms with Crippen LogP contribution < -0.4 is 0 Å². The van der Waals surface area contributed by atoms with Crippen molar-refractivity contribution >= 4 is 0 Å². The third-order valence-corrected chi connectivity index (χ3v) is 2.60. The van der Waals surface area contributed by atoms with E-state index in [0.717, 1.165) is 5.57 Å². The number of hydrogen-bond donors (Lipinski definition) is 0. The normalized spacial score (nSPS) is 19.1. The van der Waals surface area contributed by atoms with Gasteiger partial charge >= 0.3 is 0 Å². The Balaban J connectivity index is 2.57. The van der Waals surface area contributed by atoms with E-state index in [0.29, 0.717) is 11.5 Å². The minimum absolute atomic E-state index is 0.225. The Morgan fingerprint density at radius 3 is 2.31 bits per heavy atom. The largest absolute Gasteiger partial charge is 0.207 e. The zero-order valence-corrected chi connectivity index (χ0v) is 8.28. The first-order valence-electron chi connectivity index (χ1n) is 4.83. The van der Waals surface area contributed by atoms with Crippen LogP contribution in [0.2, 0.25) is 0 Å². The Kier molecular flexibility index (Phi) is 3.47. The average Bonchev–Trinajstić information content (AvgIpc) is 2.55. The molecule has 1 aliphatic rings. The second kappa shape index (κ2) is 4.40. The molecule has 1 saturated carbocycles. The van der Waals surface area contributed by atoms with E-state index in [1.807, 2.05) is 0 Å². The number of halogens is 1. The van der Waals surface area contributed by atoms with Crippen molar-refractivity contribution in [3.63, 3.8) is 0 Å². The maximum absolute atomic E-state index is 13.1. The number of hydrogen-bond acceptors (Lipinski definition) is 0. The molecule has 0 N–H and O–H groups in total. The van der Waals surface area contributed by atoms with E-state index >= 15 is 0 Å². The van der Waals surface area contributed by atoms with Gasteiger partial charge in [0.1, 0.15) is 5.83 Å². The van der Waals surface area contributed by atoms with Gasteiger partial charge in [0.15, 0.2) is 0 Å². The molecule has 0 aliphatic heterocycles. The molecule has 0 amide bonds. The molecule has 0 aromatic rings. The Morgan fingerprint density at radius 2 is 1.85 bits per heavy atom. The van der Waals surface area contributed by atoms with Crippen LogP contribution in [0, 0.1) is 5.92 Å². The zero-order valence-electron chi connectivity index (χ0n) is 8.28. The van der Waals surface area contributed by atoms with Crippen molar-refractivity contribution in [2.24, 2.45) is 5.92 Å². The molecule has 1 heteroatoms. The predicted molar refractivity (Wildman–Crippen MR) is 55.1 cm³/mol. The monoisotopic (exact) mass is 180 g/mol. The Bertz CT molecular complexity index is 242. The second-order valence-corrected chi connectivity index (χ2v) is 3.83. The predicted octanol–water partition coefficient (Wildman–Crippen LogP) is 4.16. The fourth-order valence-corrected chi connectivity index (χ4v) is 1.70. The molecular formula is C12H17F. The Hall–Kier alpha value is -0.850. The Morgan fingerprint density at radius 1 is 1.31 bits per heavy atom. The van der Waals surface area contributed by atoms with Crippen molar-refractivity contribution in [3.05, 3.63) is 36.2 Å². The lowest BCUT2D eigenvalue weighted by Crippen LogP contribution is -1.94. The molecule has 0 heterocycles. The molecule has 0 spiro atoms. The van der Waals surface area contributed by atoms with Crippen molar-refractivity contribution in [2.75, 3.05) is 0 Å². The minimum Gasteiger partial charge on any atom is -0.207 e. The first kappa shape index (κ1) is 10.2. The van der Waals surface area contributed by atoms with Crippen molar-refractivity contribution in [1.82, 2.24) is 0 Å². The summed E-state index contributed by atoms with van der Waals surface area (Å²) in [6, 6.07) is 0. The highest BCUT2D eigenvalue weighted by Crippen LogP contribution is 2.31. The van der Waals surface area contributed by atoms with E-state index in [9.17, 15) is 4.39 Å². The fourth-order valence-electron chi connectivity index (χ4n) is 1.70. The molecule has 0 aromatic heterocycles. The minimum atomic E-state index is -0.225. The highest BCUT2D eigenvalue weighted by molar-refractivity contribution is 5.30. The van der Waals surface area contributed by atoms with Crippen LogP contribution in [0.25, 0.3) is 0 Å². The molecule has 0 bridgehead atoms. The summed E-state index contributed by atoms with van der Waals surface area (Å²) in [5, 5.41) is 0. The maximum atomic E-state index is 13.1. The summed E-state index contributed by atoms with van der Waals surface area (Å²) in [5.74, 6) is 0.280. The second-order valence-electron chi connectivity index (χ2n) is 3.83. The summed E-state index contributed by atoms with van der Waals surface area (Å²) in [7, 11) is 0. The summed E-state index contributed by atoms with van der Waals surface area (Å²) in [6.45, 7) is 9.13. The topological polar surface area (TPSA) is 0 Å². The van der Waals surface area contributed by atoms with Crippen LogP contribution in [0.1, 0.15) is 32.6 Å². The fraction of sp³-hybridized carbons (Fsp3) is 0.500. The molecule has 0 saturated heterocycles. The standard InChI is InChI=1S/C12H17F/c1-9(2)12(13)8-10(3)11-6-4-5-7-11/h8,11H,1,3-7H2,2H3/b12-8+. The van der Waals surface area contributed by atoms with Crippen molar-refractivity contribution in [1.29, 1.82) is 0 Å². The summed E-state index contributed by atoms with van der Waals surface area (Å²) in [4.78, 5) is 0. The molecule has 72 valence electrons. The SMILES string of the molecule is C=C(C)/C(F)=C\C(=C)C1CCCC1. The third-order valence-electron chi connectivity index (χ3n) is 2.60. The lowest BCUT2D eigenvalue weighted by molar-refractivity contribution is 0.628. The van der Waals surface area contributed by atoms with Crippen molar-refractivity contribution in [3.8, 4) is 0 Å². The Labute approximate surface area is 79.8 Å². The molecule has 0 nitrogen and oxygen atoms in total. The quantitative estimate of drug-likeness (QED) is 0.572. The molecule has 1 rings (SSSR count). The van der Waals surface area contributed by atoms with Crippen LogP contribution in [-0.2, 0) is 0 Å². The number of rotatable bonds is 3. The van der Waals surface area contributed by atoms with Crippen molar-refractivity contribution < 1.29 is 4.39 Å². The van der Waals surface area contributed by atoms with Gasteiger partial charge in [-0.25, -0.2) is 4.39 Å². The van der Waals surface area contributed by atoms with Crippen LogP contribution in [-0.4, -0.2) is 0 Å². The van der Waals surface area contributed by atoms with Gasteiger partial charge in [0.2, 0.25) is 0 Å². The zero-order chi connectivity index (χ0) is 9.84. The molecule has 0 atom stereocenters. The molecule has 0 radical (unpaired) electrons. The van der Waals surface area contributed by atoms with Gasteiger partial charge in [-0.2, -0.15) is 0 Å². The van der Waals surface area contributed by atoms with Crippen LogP contribution in [0.5, 0.6) is 0 Å². The van der Waals surface area contributed by atoms with Gasteiger partial charge in [-0.05, 0) is 42.9 Å². The van der Waals surface area contributed by atoms with Crippen molar-refractivity contribution in [2.45, 2.75) is 32.6 Å². The van der Waals surface area contributed by atoms with Crippen LogP contribution in [0.4, 0.5) is 4.39 Å². The average molecular weight is 180 g/mol. The molecule has 1 fully saturated rings. The van der Waals surface area contributed by atoms with E-state index in [1.54, 1.807) is 13.0 Å². The lowest BCUT2D eigenvalue weighted by Gasteiger charge is -2.08. The van der Waals surface area contributed by atoms with E-state index in [2.05, 4.69) is 13.2 Å². The summed E-state index contributed by atoms with van der Waals surface area (Å²) in [6.07, 6.45) is 6.38. The highest BCUT2D eigenvalue weighted by atomic mass is 19.1. The van der Waals surface area contributed by atoms with Gasteiger partial charge in [0.05, 0.1) is 0 Å². The summed E-state index contributed by atoms with van der Waals surface area (Å²) in [5.41, 5.74) is 1.41. The van der Waals surface area contributed by atoms with E-state index in [4.69, 9.17) is 0 Å². The first-order chi connectivity index (χ1) is 6.11. The van der Waals surface area contributed by atoms with Gasteiger partial charge in [-0.15, -0.1) is 0 Å². The maximum Gasteiger partial charge on any atom is 0.125 e. The van der Waals surface area contributed by atoms with Crippen LogP contribution >= 0.6 is 0 Å². The molecule has 0 unspecified atom stereocenters. The van der Waals surface area contributed by atoms with Gasteiger partial charge in [-0.1, -0.05) is 26.0 Å². The van der Waals surface area contributed by atoms with Gasteiger partial charge in [-0.3, -0.25) is 0 Å². The smallest absolute Gasteiger partial charge is 0.125 e. The molecule has 0 aromatic carbocycles. The highest BCUT2D eigenvalue weighted by Gasteiger charge is 2.16. The van der Waals surface area contributed by atoms with Crippen LogP contribution in [0.3, 0.4) is 0 Å².